The summed E-state index contributed by atoms with van der Waals surface area (Å²) in [6.07, 6.45) is 4.11. The number of anilines is 1. The average molecular weight is 543 g/mol. The Morgan fingerprint density at radius 1 is 0.925 bits per heavy atom. The largest absolute Gasteiger partial charge is 0.489 e. The van der Waals surface area contributed by atoms with Crippen molar-refractivity contribution in [2.75, 3.05) is 18.4 Å². The Morgan fingerprint density at radius 3 is 2.38 bits per heavy atom. The molecule has 8 heteroatoms. The highest BCUT2D eigenvalue weighted by atomic mass is 19.1. The summed E-state index contributed by atoms with van der Waals surface area (Å²) >= 11 is 0. The molecule has 0 aliphatic heterocycles. The van der Waals surface area contributed by atoms with Gasteiger partial charge in [0.1, 0.15) is 29.4 Å². The second-order valence-corrected chi connectivity index (χ2v) is 10.4. The number of benzene rings is 3. The van der Waals surface area contributed by atoms with Crippen molar-refractivity contribution in [3.05, 3.63) is 95.9 Å². The molecule has 1 aliphatic rings. The number of carbonyl (C=O) groups excluding carboxylic acids is 2. The van der Waals surface area contributed by atoms with Gasteiger partial charge in [0.05, 0.1) is 0 Å². The van der Waals surface area contributed by atoms with Gasteiger partial charge in [0.15, 0.2) is 0 Å². The van der Waals surface area contributed by atoms with E-state index < -0.39 is 5.54 Å². The minimum absolute atomic E-state index is 0.134. The van der Waals surface area contributed by atoms with Gasteiger partial charge in [-0.2, -0.15) is 0 Å². The number of nitrogens with zero attached hydrogens (tertiary/aromatic N) is 1. The van der Waals surface area contributed by atoms with Crippen LogP contribution in [0.3, 0.4) is 0 Å². The van der Waals surface area contributed by atoms with Gasteiger partial charge in [-0.25, -0.2) is 4.39 Å². The standard InChI is InChI=1S/C32H35FN4O3/c1-37-28-8-4-3-7-24(28)21-29(37)30(38)36-32(17-5-2-6-18-32)31(39)35-20-19-34-26-13-15-27(16-14-26)40-22-23-9-11-25(33)12-10-23/h3-4,7-16,21,34H,2,5-6,17-20,22H2,1H3,(H,35,39)(H,36,38). The van der Waals surface area contributed by atoms with Crippen LogP contribution in [0.15, 0.2) is 78.9 Å². The predicted octanol–water partition coefficient (Wildman–Crippen LogP) is 5.56. The topological polar surface area (TPSA) is 84.4 Å². The lowest BCUT2D eigenvalue weighted by Gasteiger charge is -2.36. The molecule has 208 valence electrons. The van der Waals surface area contributed by atoms with Crippen molar-refractivity contribution in [2.24, 2.45) is 7.05 Å². The molecular weight excluding hydrogens is 507 g/mol. The zero-order valence-corrected chi connectivity index (χ0v) is 22.7. The molecule has 0 unspecified atom stereocenters. The highest BCUT2D eigenvalue weighted by molar-refractivity contribution is 6.02. The summed E-state index contributed by atoms with van der Waals surface area (Å²) < 4.78 is 20.7. The van der Waals surface area contributed by atoms with Crippen LogP contribution in [0.1, 0.15) is 48.2 Å². The lowest BCUT2D eigenvalue weighted by atomic mass is 9.80. The molecule has 7 nitrogen and oxygen atoms in total. The van der Waals surface area contributed by atoms with Gasteiger partial charge in [-0.05, 0) is 66.9 Å². The van der Waals surface area contributed by atoms with Gasteiger partial charge in [-0.15, -0.1) is 0 Å². The van der Waals surface area contributed by atoms with Crippen molar-refractivity contribution in [1.29, 1.82) is 0 Å². The Hall–Kier alpha value is -4.33. The normalized spacial score (nSPS) is 14.4. The maximum Gasteiger partial charge on any atom is 0.268 e. The van der Waals surface area contributed by atoms with Crippen LogP contribution in [0, 0.1) is 5.82 Å². The molecule has 2 amide bonds. The van der Waals surface area contributed by atoms with Crippen molar-refractivity contribution in [3.8, 4) is 5.75 Å². The fourth-order valence-electron chi connectivity index (χ4n) is 5.32. The predicted molar refractivity (Wildman–Crippen MR) is 155 cm³/mol. The summed E-state index contributed by atoms with van der Waals surface area (Å²) in [6, 6.07) is 23.5. The maximum atomic E-state index is 13.4. The Bertz CT molecular complexity index is 1460. The van der Waals surface area contributed by atoms with Gasteiger partial charge < -0.3 is 25.3 Å². The van der Waals surface area contributed by atoms with Crippen LogP contribution in [0.2, 0.25) is 0 Å². The molecule has 0 saturated heterocycles. The van der Waals surface area contributed by atoms with Gasteiger partial charge in [-0.1, -0.05) is 49.6 Å². The average Bonchev–Trinajstić information content (AvgIpc) is 3.32. The van der Waals surface area contributed by atoms with Crippen LogP contribution in [-0.4, -0.2) is 35.0 Å². The van der Waals surface area contributed by atoms with E-state index in [2.05, 4.69) is 16.0 Å². The third-order valence-electron chi connectivity index (χ3n) is 7.59. The second-order valence-electron chi connectivity index (χ2n) is 10.4. The number of para-hydroxylation sites is 1. The van der Waals surface area contributed by atoms with Gasteiger partial charge in [0, 0.05) is 36.7 Å². The van der Waals surface area contributed by atoms with Crippen molar-refractivity contribution >= 4 is 28.4 Å². The number of aryl methyl sites for hydroxylation is 1. The zero-order chi connectivity index (χ0) is 28.0. The number of rotatable bonds is 10. The second kappa shape index (κ2) is 12.2. The van der Waals surface area contributed by atoms with Crippen LogP contribution in [0.25, 0.3) is 10.9 Å². The first-order chi connectivity index (χ1) is 19.4. The van der Waals surface area contributed by atoms with Crippen LogP contribution < -0.4 is 20.7 Å². The molecule has 3 aromatic carbocycles. The summed E-state index contributed by atoms with van der Waals surface area (Å²) in [6.45, 7) is 1.32. The number of nitrogens with one attached hydrogen (secondary N) is 3. The van der Waals surface area contributed by atoms with E-state index >= 15 is 0 Å². The first kappa shape index (κ1) is 27.2. The van der Waals surface area contributed by atoms with Gasteiger partial charge in [-0.3, -0.25) is 9.59 Å². The van der Waals surface area contributed by atoms with E-state index in [0.717, 1.165) is 41.4 Å². The van der Waals surface area contributed by atoms with E-state index in [0.29, 0.717) is 44.0 Å². The summed E-state index contributed by atoms with van der Waals surface area (Å²) in [5.74, 6) is 0.0838. The van der Waals surface area contributed by atoms with E-state index in [1.54, 1.807) is 12.1 Å². The third kappa shape index (κ3) is 6.28. The van der Waals surface area contributed by atoms with E-state index in [9.17, 15) is 14.0 Å². The summed E-state index contributed by atoms with van der Waals surface area (Å²) in [5.41, 5.74) is 2.41. The van der Waals surface area contributed by atoms with E-state index in [1.807, 2.05) is 66.2 Å². The third-order valence-corrected chi connectivity index (χ3v) is 7.59. The van der Waals surface area contributed by atoms with Crippen molar-refractivity contribution in [2.45, 2.75) is 44.2 Å². The minimum atomic E-state index is -0.907. The van der Waals surface area contributed by atoms with Crippen LogP contribution in [-0.2, 0) is 18.4 Å². The highest BCUT2D eigenvalue weighted by Gasteiger charge is 2.41. The number of aromatic nitrogens is 1. The Balaban J connectivity index is 1.13. The molecule has 1 aromatic heterocycles. The van der Waals surface area contributed by atoms with Crippen LogP contribution in [0.4, 0.5) is 10.1 Å². The van der Waals surface area contributed by atoms with Crippen molar-refractivity contribution in [3.63, 3.8) is 0 Å². The lowest BCUT2D eigenvalue weighted by Crippen LogP contribution is -2.60. The molecule has 1 heterocycles. The summed E-state index contributed by atoms with van der Waals surface area (Å²) in [7, 11) is 1.88. The van der Waals surface area contributed by atoms with Gasteiger partial charge >= 0.3 is 0 Å². The molecule has 1 aliphatic carbocycles. The Labute approximate surface area is 233 Å². The molecular formula is C32H35FN4O3. The van der Waals surface area contributed by atoms with Gasteiger partial charge in [0.2, 0.25) is 5.91 Å². The molecule has 4 aromatic rings. The van der Waals surface area contributed by atoms with E-state index in [1.165, 1.54) is 12.1 Å². The van der Waals surface area contributed by atoms with Crippen LogP contribution >= 0.6 is 0 Å². The minimum Gasteiger partial charge on any atom is -0.489 e. The SMILES string of the molecule is Cn1c(C(=O)NC2(C(=O)NCCNc3ccc(OCc4ccc(F)cc4)cc3)CCCCC2)cc2ccccc21. The first-order valence-electron chi connectivity index (χ1n) is 13.8. The summed E-state index contributed by atoms with van der Waals surface area (Å²) in [4.78, 5) is 26.8. The molecule has 0 atom stereocenters. The number of carbonyl (C=O) groups is 2. The molecule has 0 bridgehead atoms. The van der Waals surface area contributed by atoms with Gasteiger partial charge in [0.25, 0.3) is 5.91 Å². The zero-order valence-electron chi connectivity index (χ0n) is 22.7. The van der Waals surface area contributed by atoms with E-state index in [4.69, 9.17) is 4.74 Å². The number of amides is 2. The quantitative estimate of drug-likeness (QED) is 0.229. The Kier molecular flexibility index (Phi) is 8.34. The smallest absolute Gasteiger partial charge is 0.268 e. The molecule has 5 rings (SSSR count). The van der Waals surface area contributed by atoms with Crippen molar-refractivity contribution in [1.82, 2.24) is 15.2 Å². The molecule has 3 N–H and O–H groups in total. The molecule has 40 heavy (non-hydrogen) atoms. The molecule has 0 spiro atoms. The molecule has 1 fully saturated rings. The highest BCUT2D eigenvalue weighted by Crippen LogP contribution is 2.29. The number of hydrogen-bond donors (Lipinski definition) is 3. The fourth-order valence-corrected chi connectivity index (χ4v) is 5.32. The molecule has 1 saturated carbocycles. The number of ether oxygens (including phenoxy) is 1. The lowest BCUT2D eigenvalue weighted by molar-refractivity contribution is -0.128. The monoisotopic (exact) mass is 542 g/mol. The maximum absolute atomic E-state index is 13.4. The van der Waals surface area contributed by atoms with Crippen molar-refractivity contribution < 1.29 is 18.7 Å². The molecule has 0 radical (unpaired) electrons. The number of fused-ring (bicyclic) bond motifs is 1. The first-order valence-corrected chi connectivity index (χ1v) is 13.8. The summed E-state index contributed by atoms with van der Waals surface area (Å²) in [5, 5.41) is 10.5. The fraction of sp³-hybridized carbons (Fsp3) is 0.312. The number of halogens is 1. The number of hydrogen-bond acceptors (Lipinski definition) is 4. The van der Waals surface area contributed by atoms with Crippen LogP contribution in [0.5, 0.6) is 5.75 Å². The Morgan fingerprint density at radius 2 is 1.65 bits per heavy atom. The van der Waals surface area contributed by atoms with E-state index in [-0.39, 0.29) is 17.6 Å².